The summed E-state index contributed by atoms with van der Waals surface area (Å²) in [6, 6.07) is 5.60. The van der Waals surface area contributed by atoms with Gasteiger partial charge in [-0.2, -0.15) is 0 Å². The number of esters is 1. The summed E-state index contributed by atoms with van der Waals surface area (Å²) in [7, 11) is 1.19. The summed E-state index contributed by atoms with van der Waals surface area (Å²) >= 11 is 0. The number of carbonyl (C=O) groups is 2. The minimum atomic E-state index is -0.725. The summed E-state index contributed by atoms with van der Waals surface area (Å²) in [6.45, 7) is 1.25. The Hall–Kier alpha value is -1.97. The molecule has 0 atom stereocenters. The molecule has 4 heteroatoms. The van der Waals surface area contributed by atoms with Gasteiger partial charge in [0.1, 0.15) is 11.4 Å². The summed E-state index contributed by atoms with van der Waals surface area (Å²) in [5.41, 5.74) is 0.337. The fourth-order valence-electron chi connectivity index (χ4n) is 1.18. The normalized spacial score (nSPS) is 11.1. The molecule has 0 spiro atoms. The first-order valence-corrected chi connectivity index (χ1v) is 4.61. The maximum absolute atomic E-state index is 12.9. The van der Waals surface area contributed by atoms with E-state index < -0.39 is 17.6 Å². The zero-order valence-corrected chi connectivity index (χ0v) is 8.99. The SMILES string of the molecule is COC(=O)/C(=C/c1cccc(F)c1)C(C)=O. The Balaban J connectivity index is 3.12. The van der Waals surface area contributed by atoms with Crippen LogP contribution in [0.4, 0.5) is 4.39 Å². The Morgan fingerprint density at radius 1 is 1.38 bits per heavy atom. The van der Waals surface area contributed by atoms with Crippen molar-refractivity contribution >= 4 is 17.8 Å². The molecule has 16 heavy (non-hydrogen) atoms. The van der Waals surface area contributed by atoms with Crippen LogP contribution < -0.4 is 0 Å². The summed E-state index contributed by atoms with van der Waals surface area (Å²) in [4.78, 5) is 22.4. The van der Waals surface area contributed by atoms with Gasteiger partial charge in [0.05, 0.1) is 7.11 Å². The lowest BCUT2D eigenvalue weighted by Gasteiger charge is -2.01. The molecule has 84 valence electrons. The minimum absolute atomic E-state index is 0.104. The van der Waals surface area contributed by atoms with Crippen LogP contribution in [-0.2, 0) is 14.3 Å². The van der Waals surface area contributed by atoms with Crippen molar-refractivity contribution in [2.45, 2.75) is 6.92 Å². The average molecular weight is 222 g/mol. The van der Waals surface area contributed by atoms with E-state index in [-0.39, 0.29) is 5.57 Å². The van der Waals surface area contributed by atoms with Crippen LogP contribution in [0.2, 0.25) is 0 Å². The van der Waals surface area contributed by atoms with E-state index >= 15 is 0 Å². The first kappa shape index (κ1) is 12.1. The Kier molecular flexibility index (Phi) is 3.94. The number of ether oxygens (including phenoxy) is 1. The van der Waals surface area contributed by atoms with Gasteiger partial charge in [0.15, 0.2) is 5.78 Å². The highest BCUT2D eigenvalue weighted by Gasteiger charge is 2.14. The molecule has 0 aliphatic carbocycles. The highest BCUT2D eigenvalue weighted by Crippen LogP contribution is 2.10. The molecule has 0 saturated heterocycles. The Labute approximate surface area is 92.5 Å². The Morgan fingerprint density at radius 3 is 2.56 bits per heavy atom. The van der Waals surface area contributed by atoms with Crippen LogP contribution in [0.3, 0.4) is 0 Å². The third-order valence-electron chi connectivity index (χ3n) is 1.94. The Bertz CT molecular complexity index is 449. The molecule has 0 unspecified atom stereocenters. The largest absolute Gasteiger partial charge is 0.465 e. The predicted molar refractivity (Wildman–Crippen MR) is 57.1 cm³/mol. The quantitative estimate of drug-likeness (QED) is 0.340. The fraction of sp³-hybridized carbons (Fsp3) is 0.167. The van der Waals surface area contributed by atoms with Crippen molar-refractivity contribution in [2.75, 3.05) is 7.11 Å². The second-order valence-corrected chi connectivity index (χ2v) is 3.16. The topological polar surface area (TPSA) is 43.4 Å². The molecule has 0 heterocycles. The first-order valence-electron chi connectivity index (χ1n) is 4.61. The van der Waals surface area contributed by atoms with E-state index in [0.29, 0.717) is 5.56 Å². The molecule has 1 rings (SSSR count). The zero-order chi connectivity index (χ0) is 12.1. The fourth-order valence-corrected chi connectivity index (χ4v) is 1.18. The lowest BCUT2D eigenvalue weighted by atomic mass is 10.1. The summed E-state index contributed by atoms with van der Waals surface area (Å²) in [5, 5.41) is 0. The molecule has 0 radical (unpaired) electrons. The van der Waals surface area contributed by atoms with E-state index in [1.165, 1.54) is 38.3 Å². The predicted octanol–water partition coefficient (Wildman–Crippen LogP) is 1.97. The summed E-state index contributed by atoms with van der Waals surface area (Å²) < 4.78 is 17.3. The van der Waals surface area contributed by atoms with Crippen molar-refractivity contribution < 1.29 is 18.7 Å². The molecule has 1 aromatic carbocycles. The van der Waals surface area contributed by atoms with Gasteiger partial charge in [0.2, 0.25) is 0 Å². The number of Topliss-reactive ketones (excluding diaryl/α,β-unsaturated/α-hetero) is 1. The first-order chi connectivity index (χ1) is 7.54. The van der Waals surface area contributed by atoms with Gasteiger partial charge in [-0.05, 0) is 30.7 Å². The highest BCUT2D eigenvalue weighted by atomic mass is 19.1. The molecular weight excluding hydrogens is 211 g/mol. The Morgan fingerprint density at radius 2 is 2.06 bits per heavy atom. The standard InChI is InChI=1S/C12H11FO3/c1-8(14)11(12(15)16-2)7-9-4-3-5-10(13)6-9/h3-7H,1-2H3/b11-7+. The zero-order valence-electron chi connectivity index (χ0n) is 8.99. The van der Waals surface area contributed by atoms with E-state index in [0.717, 1.165) is 0 Å². The van der Waals surface area contributed by atoms with E-state index in [1.54, 1.807) is 6.07 Å². The van der Waals surface area contributed by atoms with Crippen molar-refractivity contribution in [1.29, 1.82) is 0 Å². The molecular formula is C12H11FO3. The van der Waals surface area contributed by atoms with Crippen LogP contribution in [-0.4, -0.2) is 18.9 Å². The summed E-state index contributed by atoms with van der Waals surface area (Å²) in [6.07, 6.45) is 1.30. The average Bonchev–Trinajstić information content (AvgIpc) is 2.24. The van der Waals surface area contributed by atoms with Gasteiger partial charge in [-0.15, -0.1) is 0 Å². The van der Waals surface area contributed by atoms with Gasteiger partial charge in [-0.1, -0.05) is 12.1 Å². The van der Waals surface area contributed by atoms with Crippen molar-refractivity contribution in [3.8, 4) is 0 Å². The smallest absolute Gasteiger partial charge is 0.341 e. The van der Waals surface area contributed by atoms with Crippen molar-refractivity contribution in [3.63, 3.8) is 0 Å². The van der Waals surface area contributed by atoms with Crippen LogP contribution in [0, 0.1) is 5.82 Å². The molecule has 0 aliphatic heterocycles. The van der Waals surface area contributed by atoms with E-state index in [1.807, 2.05) is 0 Å². The third kappa shape index (κ3) is 3.02. The second-order valence-electron chi connectivity index (χ2n) is 3.16. The van der Waals surface area contributed by atoms with Crippen LogP contribution in [0.15, 0.2) is 29.8 Å². The van der Waals surface area contributed by atoms with E-state index in [2.05, 4.69) is 4.74 Å². The van der Waals surface area contributed by atoms with Gasteiger partial charge in [0.25, 0.3) is 0 Å². The van der Waals surface area contributed by atoms with Crippen molar-refractivity contribution in [1.82, 2.24) is 0 Å². The second kappa shape index (κ2) is 5.21. The van der Waals surface area contributed by atoms with Gasteiger partial charge in [-0.25, -0.2) is 9.18 Å². The van der Waals surface area contributed by atoms with Crippen LogP contribution in [0.25, 0.3) is 6.08 Å². The monoisotopic (exact) mass is 222 g/mol. The lowest BCUT2D eigenvalue weighted by Crippen LogP contribution is -2.11. The highest BCUT2D eigenvalue weighted by molar-refractivity contribution is 6.19. The number of ketones is 1. The van der Waals surface area contributed by atoms with Gasteiger partial charge in [0, 0.05) is 0 Å². The molecule has 0 bridgehead atoms. The molecule has 3 nitrogen and oxygen atoms in total. The van der Waals surface area contributed by atoms with Crippen LogP contribution in [0.1, 0.15) is 12.5 Å². The number of hydrogen-bond donors (Lipinski definition) is 0. The van der Waals surface area contributed by atoms with Gasteiger partial charge in [-0.3, -0.25) is 4.79 Å². The van der Waals surface area contributed by atoms with E-state index in [9.17, 15) is 14.0 Å². The molecule has 0 amide bonds. The van der Waals surface area contributed by atoms with E-state index in [4.69, 9.17) is 0 Å². The van der Waals surface area contributed by atoms with Crippen LogP contribution >= 0.6 is 0 Å². The number of halogens is 1. The molecule has 0 fully saturated rings. The molecule has 1 aromatic rings. The molecule has 0 aliphatic rings. The maximum atomic E-state index is 12.9. The molecule has 0 N–H and O–H groups in total. The number of benzene rings is 1. The number of methoxy groups -OCH3 is 1. The minimum Gasteiger partial charge on any atom is -0.465 e. The number of rotatable bonds is 3. The van der Waals surface area contributed by atoms with Gasteiger partial charge < -0.3 is 4.74 Å². The van der Waals surface area contributed by atoms with Crippen molar-refractivity contribution in [2.24, 2.45) is 0 Å². The summed E-state index contributed by atoms with van der Waals surface area (Å²) in [5.74, 6) is -1.57. The third-order valence-corrected chi connectivity index (χ3v) is 1.94. The molecule has 0 saturated carbocycles. The van der Waals surface area contributed by atoms with Gasteiger partial charge >= 0.3 is 5.97 Å². The number of carbonyl (C=O) groups excluding carboxylic acids is 2. The number of hydrogen-bond acceptors (Lipinski definition) is 3. The van der Waals surface area contributed by atoms with Crippen molar-refractivity contribution in [3.05, 3.63) is 41.2 Å². The van der Waals surface area contributed by atoms with Crippen LogP contribution in [0.5, 0.6) is 0 Å². The maximum Gasteiger partial charge on any atom is 0.341 e. The lowest BCUT2D eigenvalue weighted by molar-refractivity contribution is -0.137. The molecule has 0 aromatic heterocycles.